The second-order valence-electron chi connectivity index (χ2n) is 12.9. The van der Waals surface area contributed by atoms with E-state index in [9.17, 15) is 30.0 Å². The van der Waals surface area contributed by atoms with Crippen LogP contribution in [0, 0.1) is 22.7 Å². The van der Waals surface area contributed by atoms with Crippen LogP contribution in [0.1, 0.15) is 76.7 Å². The van der Waals surface area contributed by atoms with Crippen LogP contribution in [-0.2, 0) is 14.3 Å². The van der Waals surface area contributed by atoms with Crippen molar-refractivity contribution in [1.29, 1.82) is 0 Å². The number of allylic oxidation sites excluding steroid dienone is 1. The molecule has 9 heteroatoms. The second-order valence-corrected chi connectivity index (χ2v) is 12.9. The van der Waals surface area contributed by atoms with Gasteiger partial charge in [-0.3, -0.25) is 0 Å². The van der Waals surface area contributed by atoms with E-state index in [0.29, 0.717) is 25.7 Å². The second kappa shape index (κ2) is 9.60. The lowest BCUT2D eigenvalue weighted by atomic mass is 9.45. The van der Waals surface area contributed by atoms with Crippen molar-refractivity contribution in [2.75, 3.05) is 0 Å². The van der Waals surface area contributed by atoms with Crippen molar-refractivity contribution in [3.05, 3.63) is 46.0 Å². The van der Waals surface area contributed by atoms with Crippen LogP contribution in [0.15, 0.2) is 39.3 Å². The maximum absolute atomic E-state index is 12.9. The predicted molar refractivity (Wildman–Crippen MR) is 139 cm³/mol. The van der Waals surface area contributed by atoms with Gasteiger partial charge in [0.25, 0.3) is 0 Å². The van der Waals surface area contributed by atoms with Crippen molar-refractivity contribution in [2.24, 2.45) is 22.7 Å². The zero-order chi connectivity index (χ0) is 27.7. The smallest absolute Gasteiger partial charge is 0.335 e. The summed E-state index contributed by atoms with van der Waals surface area (Å²) in [6.45, 7) is 3.79. The number of rotatable bonds is 4. The molecule has 4 fully saturated rings. The zero-order valence-corrected chi connectivity index (χ0v) is 22.6. The van der Waals surface area contributed by atoms with Gasteiger partial charge in [0.05, 0.1) is 29.5 Å². The Bertz CT molecular complexity index is 1170. The van der Waals surface area contributed by atoms with Crippen molar-refractivity contribution in [1.82, 2.24) is 0 Å². The van der Waals surface area contributed by atoms with Gasteiger partial charge in [-0.2, -0.15) is 0 Å². The number of aldehydes is 1. The molecule has 4 aliphatic carbocycles. The molecule has 3 saturated carbocycles. The Balaban J connectivity index is 1.24. The maximum Gasteiger partial charge on any atom is 0.335 e. The third-order valence-corrected chi connectivity index (χ3v) is 11.3. The van der Waals surface area contributed by atoms with E-state index in [1.54, 1.807) is 13.2 Å². The molecule has 12 atom stereocenters. The monoisotopic (exact) mass is 544 g/mol. The molecule has 1 saturated heterocycles. The lowest BCUT2D eigenvalue weighted by Crippen LogP contribution is -2.61. The molecule has 4 N–H and O–H groups in total. The van der Waals surface area contributed by atoms with Gasteiger partial charge in [0.2, 0.25) is 0 Å². The van der Waals surface area contributed by atoms with Crippen molar-refractivity contribution in [3.8, 4) is 0 Å². The Hall–Kier alpha value is -1.88. The van der Waals surface area contributed by atoms with Gasteiger partial charge in [-0.1, -0.05) is 18.6 Å². The highest BCUT2D eigenvalue weighted by molar-refractivity contribution is 5.67. The summed E-state index contributed by atoms with van der Waals surface area (Å²) in [4.78, 5) is 24.4. The van der Waals surface area contributed by atoms with Crippen molar-refractivity contribution in [3.63, 3.8) is 0 Å². The highest BCUT2D eigenvalue weighted by Gasteiger charge is 2.67. The summed E-state index contributed by atoms with van der Waals surface area (Å²) in [7, 11) is 0. The molecule has 2 heterocycles. The Kier molecular flexibility index (Phi) is 6.72. The molecule has 0 amide bonds. The minimum Gasteiger partial charge on any atom is -0.431 e. The van der Waals surface area contributed by atoms with Crippen LogP contribution in [0.4, 0.5) is 0 Å². The number of hydrogen-bond acceptors (Lipinski definition) is 9. The van der Waals surface area contributed by atoms with E-state index < -0.39 is 41.7 Å². The van der Waals surface area contributed by atoms with Gasteiger partial charge in [0.1, 0.15) is 24.6 Å². The molecular formula is C30H40O9. The maximum atomic E-state index is 12.9. The van der Waals surface area contributed by atoms with Crippen LogP contribution in [0.25, 0.3) is 0 Å². The lowest BCUT2D eigenvalue weighted by Gasteiger charge is -2.61. The van der Waals surface area contributed by atoms with Crippen LogP contribution >= 0.6 is 0 Å². The first-order valence-corrected chi connectivity index (χ1v) is 14.4. The fourth-order valence-corrected chi connectivity index (χ4v) is 9.10. The number of aliphatic hydroxyl groups excluding tert-OH is 3. The summed E-state index contributed by atoms with van der Waals surface area (Å²) in [5.74, 6) is 0.0898. The van der Waals surface area contributed by atoms with E-state index in [0.717, 1.165) is 43.1 Å². The van der Waals surface area contributed by atoms with Gasteiger partial charge >= 0.3 is 5.63 Å². The Morgan fingerprint density at radius 2 is 1.79 bits per heavy atom. The van der Waals surface area contributed by atoms with E-state index in [1.165, 1.54) is 6.07 Å². The Morgan fingerprint density at radius 1 is 1.00 bits per heavy atom. The number of carbonyl (C=O) groups is 1. The molecule has 0 spiro atoms. The molecule has 5 aliphatic rings. The van der Waals surface area contributed by atoms with Crippen molar-refractivity contribution < 1.29 is 39.1 Å². The lowest BCUT2D eigenvalue weighted by molar-refractivity contribution is -0.301. The molecule has 0 bridgehead atoms. The highest BCUT2D eigenvalue weighted by Crippen LogP contribution is 2.69. The molecule has 0 aromatic carbocycles. The van der Waals surface area contributed by atoms with Crippen molar-refractivity contribution in [2.45, 2.75) is 114 Å². The minimum atomic E-state index is -1.37. The molecule has 1 aromatic rings. The molecule has 6 rings (SSSR count). The topological polar surface area (TPSA) is 147 Å². The Labute approximate surface area is 227 Å². The van der Waals surface area contributed by atoms with Gasteiger partial charge < -0.3 is 39.1 Å². The van der Waals surface area contributed by atoms with Crippen LogP contribution in [0.3, 0.4) is 0 Å². The normalized spacial score (nSPS) is 49.4. The molecule has 1 aromatic heterocycles. The summed E-state index contributed by atoms with van der Waals surface area (Å²) in [6, 6.07) is 3.27. The fourth-order valence-electron chi connectivity index (χ4n) is 9.10. The quantitative estimate of drug-likeness (QED) is 0.331. The average Bonchev–Trinajstić information content (AvgIpc) is 3.21. The van der Waals surface area contributed by atoms with Crippen LogP contribution in [0.5, 0.6) is 0 Å². The van der Waals surface area contributed by atoms with Gasteiger partial charge in [0.15, 0.2) is 6.29 Å². The van der Waals surface area contributed by atoms with Gasteiger partial charge in [-0.25, -0.2) is 4.79 Å². The predicted octanol–water partition coefficient (Wildman–Crippen LogP) is 2.19. The molecule has 1 aliphatic heterocycles. The average molecular weight is 545 g/mol. The first-order valence-electron chi connectivity index (χ1n) is 14.4. The van der Waals surface area contributed by atoms with E-state index in [1.807, 2.05) is 12.1 Å². The summed E-state index contributed by atoms with van der Waals surface area (Å²) < 4.78 is 16.9. The number of ether oxygens (including phenoxy) is 2. The summed E-state index contributed by atoms with van der Waals surface area (Å²) >= 11 is 0. The van der Waals surface area contributed by atoms with Crippen molar-refractivity contribution >= 4 is 6.29 Å². The zero-order valence-electron chi connectivity index (χ0n) is 22.6. The van der Waals surface area contributed by atoms with Crippen LogP contribution in [-0.4, -0.2) is 69.1 Å². The van der Waals surface area contributed by atoms with Gasteiger partial charge in [-0.05, 0) is 87.7 Å². The van der Waals surface area contributed by atoms with E-state index in [-0.39, 0.29) is 34.9 Å². The fraction of sp³-hybridized carbons (Fsp3) is 0.733. The first kappa shape index (κ1) is 27.3. The number of fused-ring (bicyclic) bond motifs is 5. The molecule has 9 nitrogen and oxygen atoms in total. The summed E-state index contributed by atoms with van der Waals surface area (Å²) in [5.41, 5.74) is -0.361. The SMILES string of the molecule is CC1OC(OC2C=C3CCC4C(CCC5(C)C(c6ccc(=O)oc6)CCC45O)C3(C=O)CC2)C(O)C(O)C1O. The number of aliphatic hydroxyl groups is 4. The molecule has 214 valence electrons. The highest BCUT2D eigenvalue weighted by atomic mass is 16.7. The summed E-state index contributed by atoms with van der Waals surface area (Å²) in [6.07, 6.45) is 4.18. The standard InChI is InChI=1S/C30H40O9/c1-16-24(33)25(34)26(35)27(38-16)39-19-7-11-29(15-31)18(13-19)4-5-22-21(29)8-10-28(2)20(9-12-30(22,28)36)17-3-6-23(32)37-14-17/h3,6,13-16,19-22,24-27,33-36H,4-5,7-12H2,1-2H3. The first-order chi connectivity index (χ1) is 18.5. The molecular weight excluding hydrogens is 504 g/mol. The third kappa shape index (κ3) is 3.95. The Morgan fingerprint density at radius 3 is 2.51 bits per heavy atom. The van der Waals surface area contributed by atoms with E-state index in [2.05, 4.69) is 6.92 Å². The number of hydrogen-bond donors (Lipinski definition) is 4. The largest absolute Gasteiger partial charge is 0.431 e. The molecule has 0 radical (unpaired) electrons. The van der Waals surface area contributed by atoms with Crippen LogP contribution < -0.4 is 5.63 Å². The minimum absolute atomic E-state index is 0.0160. The van der Waals surface area contributed by atoms with E-state index in [4.69, 9.17) is 13.9 Å². The molecule has 39 heavy (non-hydrogen) atoms. The van der Waals surface area contributed by atoms with Gasteiger partial charge in [-0.15, -0.1) is 0 Å². The number of carbonyl (C=O) groups excluding carboxylic acids is 1. The molecule has 12 unspecified atom stereocenters. The van der Waals surface area contributed by atoms with Crippen LogP contribution in [0.2, 0.25) is 0 Å². The third-order valence-electron chi connectivity index (χ3n) is 11.3. The van der Waals surface area contributed by atoms with Gasteiger partial charge in [0, 0.05) is 11.5 Å². The summed E-state index contributed by atoms with van der Waals surface area (Å²) in [5, 5.41) is 42.9. The van der Waals surface area contributed by atoms with E-state index >= 15 is 0 Å².